The number of hydrogen-bond acceptors (Lipinski definition) is 3. The first-order valence-electron chi connectivity index (χ1n) is 7.90. The fraction of sp³-hybridized carbons (Fsp3) is 1.00. The Kier molecular flexibility index (Phi) is 6.28. The molecule has 1 unspecified atom stereocenters. The Balaban J connectivity index is 2.69. The van der Waals surface area contributed by atoms with E-state index in [-0.39, 0.29) is 17.2 Å². The molecule has 0 aromatic rings. The van der Waals surface area contributed by atoms with Gasteiger partial charge in [-0.2, -0.15) is 0 Å². The van der Waals surface area contributed by atoms with Crippen LogP contribution in [0.2, 0.25) is 0 Å². The normalized spacial score (nSPS) is 19.9. The van der Waals surface area contributed by atoms with Gasteiger partial charge in [-0.1, -0.05) is 13.8 Å². The summed E-state index contributed by atoms with van der Waals surface area (Å²) in [5.41, 5.74) is -0.167. The largest absolute Gasteiger partial charge is 0.391 e. The predicted molar refractivity (Wildman–Crippen MR) is 80.4 cm³/mol. The van der Waals surface area contributed by atoms with Crippen LogP contribution in [-0.4, -0.2) is 47.4 Å². The van der Waals surface area contributed by atoms with Crippen LogP contribution in [0.15, 0.2) is 0 Å². The van der Waals surface area contributed by atoms with Crippen LogP contribution in [0.25, 0.3) is 0 Å². The molecule has 1 atom stereocenters. The molecule has 1 saturated heterocycles. The summed E-state index contributed by atoms with van der Waals surface area (Å²) in [4.78, 5) is 2.53. The maximum Gasteiger partial charge on any atom is 0.0724 e. The van der Waals surface area contributed by atoms with Crippen molar-refractivity contribution in [1.82, 2.24) is 4.90 Å². The zero-order valence-electron chi connectivity index (χ0n) is 13.5. The standard InChI is InChI=1S/C16H33NO2/c1-6-16(7-2,17-12-8-9-13-17)14(18)10-11-15(3,4)19-5/h14,18H,6-13H2,1-5H3. The molecule has 3 heteroatoms. The second-order valence-corrected chi connectivity index (χ2v) is 6.52. The summed E-state index contributed by atoms with van der Waals surface area (Å²) in [5, 5.41) is 10.8. The summed E-state index contributed by atoms with van der Waals surface area (Å²) in [6.07, 6.45) is 6.07. The third-order valence-corrected chi connectivity index (χ3v) is 5.15. The van der Waals surface area contributed by atoms with Gasteiger partial charge in [0.1, 0.15) is 0 Å². The SMILES string of the molecule is CCC(CC)(C(O)CCC(C)(C)OC)N1CCCC1. The van der Waals surface area contributed by atoms with E-state index in [0.717, 1.165) is 38.8 Å². The molecule has 114 valence electrons. The Bertz CT molecular complexity index is 255. The van der Waals surface area contributed by atoms with Gasteiger partial charge in [-0.05, 0) is 65.5 Å². The van der Waals surface area contributed by atoms with Crippen LogP contribution in [-0.2, 0) is 4.74 Å². The van der Waals surface area contributed by atoms with E-state index in [1.54, 1.807) is 7.11 Å². The van der Waals surface area contributed by atoms with Gasteiger partial charge in [-0.3, -0.25) is 4.90 Å². The summed E-state index contributed by atoms with van der Waals surface area (Å²) >= 11 is 0. The fourth-order valence-electron chi connectivity index (χ4n) is 3.40. The molecule has 1 heterocycles. The topological polar surface area (TPSA) is 32.7 Å². The molecule has 0 spiro atoms. The van der Waals surface area contributed by atoms with Gasteiger partial charge in [0.2, 0.25) is 0 Å². The number of ether oxygens (including phenoxy) is 1. The van der Waals surface area contributed by atoms with Gasteiger partial charge in [0.15, 0.2) is 0 Å². The number of aliphatic hydroxyl groups excluding tert-OH is 1. The highest BCUT2D eigenvalue weighted by Gasteiger charge is 2.41. The minimum Gasteiger partial charge on any atom is -0.391 e. The molecule has 1 aliphatic rings. The van der Waals surface area contributed by atoms with Gasteiger partial charge in [-0.15, -0.1) is 0 Å². The molecule has 3 nitrogen and oxygen atoms in total. The van der Waals surface area contributed by atoms with Crippen LogP contribution in [0.1, 0.15) is 66.2 Å². The number of nitrogens with zero attached hydrogens (tertiary/aromatic N) is 1. The lowest BCUT2D eigenvalue weighted by Crippen LogP contribution is -2.55. The van der Waals surface area contributed by atoms with Crippen molar-refractivity contribution < 1.29 is 9.84 Å². The Morgan fingerprint density at radius 2 is 1.68 bits per heavy atom. The minimum absolute atomic E-state index is 0.0275. The second-order valence-electron chi connectivity index (χ2n) is 6.52. The van der Waals surface area contributed by atoms with E-state index in [1.165, 1.54) is 12.8 Å². The Morgan fingerprint density at radius 3 is 2.11 bits per heavy atom. The van der Waals surface area contributed by atoms with Crippen LogP contribution in [0.5, 0.6) is 0 Å². The lowest BCUT2D eigenvalue weighted by molar-refractivity contribution is -0.0513. The average molecular weight is 271 g/mol. The number of aliphatic hydroxyl groups is 1. The maximum atomic E-state index is 10.8. The van der Waals surface area contributed by atoms with Crippen molar-refractivity contribution in [3.8, 4) is 0 Å². The molecular weight excluding hydrogens is 238 g/mol. The number of rotatable bonds is 8. The lowest BCUT2D eigenvalue weighted by atomic mass is 9.81. The molecule has 0 aromatic carbocycles. The summed E-state index contributed by atoms with van der Waals surface area (Å²) in [6.45, 7) is 10.9. The molecule has 0 saturated carbocycles. The summed E-state index contributed by atoms with van der Waals surface area (Å²) in [7, 11) is 1.75. The van der Waals surface area contributed by atoms with Gasteiger partial charge in [0, 0.05) is 12.6 Å². The fourth-order valence-corrected chi connectivity index (χ4v) is 3.40. The zero-order chi connectivity index (χ0) is 14.5. The van der Waals surface area contributed by atoms with Crippen molar-refractivity contribution in [2.24, 2.45) is 0 Å². The molecular formula is C16H33NO2. The number of hydrogen-bond donors (Lipinski definition) is 1. The van der Waals surface area contributed by atoms with E-state index in [0.29, 0.717) is 0 Å². The van der Waals surface area contributed by atoms with E-state index in [9.17, 15) is 5.11 Å². The first kappa shape index (κ1) is 16.9. The first-order chi connectivity index (χ1) is 8.91. The van der Waals surface area contributed by atoms with Crippen molar-refractivity contribution >= 4 is 0 Å². The van der Waals surface area contributed by atoms with E-state index in [2.05, 4.69) is 32.6 Å². The van der Waals surface area contributed by atoms with Crippen molar-refractivity contribution in [2.45, 2.75) is 83.5 Å². The quantitative estimate of drug-likeness (QED) is 0.736. The van der Waals surface area contributed by atoms with Crippen molar-refractivity contribution in [1.29, 1.82) is 0 Å². The van der Waals surface area contributed by atoms with E-state index in [1.807, 2.05) is 0 Å². The Morgan fingerprint density at radius 1 is 1.16 bits per heavy atom. The van der Waals surface area contributed by atoms with E-state index < -0.39 is 0 Å². The molecule has 0 aliphatic carbocycles. The molecule has 0 bridgehead atoms. The lowest BCUT2D eigenvalue weighted by Gasteiger charge is -2.45. The highest BCUT2D eigenvalue weighted by atomic mass is 16.5. The molecule has 19 heavy (non-hydrogen) atoms. The molecule has 0 radical (unpaired) electrons. The highest BCUT2D eigenvalue weighted by Crippen LogP contribution is 2.34. The molecule has 1 N–H and O–H groups in total. The second kappa shape index (κ2) is 7.05. The first-order valence-corrected chi connectivity index (χ1v) is 7.90. The van der Waals surface area contributed by atoms with Crippen LogP contribution in [0, 0.1) is 0 Å². The van der Waals surface area contributed by atoms with Crippen molar-refractivity contribution in [2.75, 3.05) is 20.2 Å². The van der Waals surface area contributed by atoms with Crippen molar-refractivity contribution in [3.63, 3.8) is 0 Å². The number of methoxy groups -OCH3 is 1. The predicted octanol–water partition coefficient (Wildman–Crippen LogP) is 3.21. The number of likely N-dealkylation sites (tertiary alicyclic amines) is 1. The summed E-state index contributed by atoms with van der Waals surface area (Å²) < 4.78 is 5.47. The third-order valence-electron chi connectivity index (χ3n) is 5.15. The van der Waals surface area contributed by atoms with Crippen LogP contribution in [0.3, 0.4) is 0 Å². The Labute approximate surface area is 119 Å². The van der Waals surface area contributed by atoms with Crippen LogP contribution < -0.4 is 0 Å². The van der Waals surface area contributed by atoms with Crippen LogP contribution >= 0.6 is 0 Å². The van der Waals surface area contributed by atoms with Gasteiger partial charge < -0.3 is 9.84 Å². The Hall–Kier alpha value is -0.120. The molecule has 0 aromatic heterocycles. The smallest absolute Gasteiger partial charge is 0.0724 e. The summed E-state index contributed by atoms with van der Waals surface area (Å²) in [5.74, 6) is 0. The van der Waals surface area contributed by atoms with Crippen molar-refractivity contribution in [3.05, 3.63) is 0 Å². The molecule has 1 aliphatic heterocycles. The van der Waals surface area contributed by atoms with E-state index >= 15 is 0 Å². The molecule has 0 amide bonds. The maximum absolute atomic E-state index is 10.8. The average Bonchev–Trinajstić information content (AvgIpc) is 2.93. The van der Waals surface area contributed by atoms with Gasteiger partial charge in [0.05, 0.1) is 11.7 Å². The third kappa shape index (κ3) is 3.93. The monoisotopic (exact) mass is 271 g/mol. The molecule has 1 fully saturated rings. The highest BCUT2D eigenvalue weighted by molar-refractivity contribution is 4.97. The van der Waals surface area contributed by atoms with Gasteiger partial charge in [-0.25, -0.2) is 0 Å². The minimum atomic E-state index is -0.255. The van der Waals surface area contributed by atoms with Crippen LogP contribution in [0.4, 0.5) is 0 Å². The van der Waals surface area contributed by atoms with Gasteiger partial charge >= 0.3 is 0 Å². The molecule has 1 rings (SSSR count). The van der Waals surface area contributed by atoms with Gasteiger partial charge in [0.25, 0.3) is 0 Å². The van der Waals surface area contributed by atoms with E-state index in [4.69, 9.17) is 4.74 Å². The summed E-state index contributed by atoms with van der Waals surface area (Å²) in [6, 6.07) is 0. The zero-order valence-corrected chi connectivity index (χ0v) is 13.5.